The summed E-state index contributed by atoms with van der Waals surface area (Å²) < 4.78 is 0.268. The Morgan fingerprint density at radius 1 is 1.67 bits per heavy atom. The number of hydrogen-bond donors (Lipinski definition) is 2. The lowest BCUT2D eigenvalue weighted by molar-refractivity contribution is 0.565. The second-order valence-corrected chi connectivity index (χ2v) is 1.58. The van der Waals surface area contributed by atoms with Crippen LogP contribution in [0.15, 0.2) is 4.99 Å². The average Bonchev–Trinajstić information content (AvgIpc) is 2.17. The second-order valence-electron chi connectivity index (χ2n) is 1.19. The predicted octanol–water partition coefficient (Wildman–Crippen LogP) is 0.435. The van der Waals surface area contributed by atoms with Gasteiger partial charge in [-0.25, -0.2) is 4.79 Å². The molecule has 0 radical (unpaired) electrons. The Balaban J connectivity index is 3.12. The highest BCUT2D eigenvalue weighted by atomic mass is 32.1. The van der Waals surface area contributed by atoms with Gasteiger partial charge in [0, 0.05) is 0 Å². The number of carbonyl (C=O) groups excluding carboxylic acids is 1. The molecule has 0 aliphatic carbocycles. The first-order valence-electron chi connectivity index (χ1n) is 2.05. The monoisotopic (exact) mass is 142 g/mol. The Labute approximate surface area is 54.8 Å². The molecule has 0 amide bonds. The van der Waals surface area contributed by atoms with E-state index in [2.05, 4.69) is 32.4 Å². The fraction of sp³-hybridized carbons (Fsp3) is 0. The van der Waals surface area contributed by atoms with Crippen molar-refractivity contribution < 1.29 is 4.79 Å². The molecule has 46 valence electrons. The van der Waals surface area contributed by atoms with Gasteiger partial charge in [0.25, 0.3) is 5.95 Å². The number of aliphatic imine (C=N–C) groups is 1. The van der Waals surface area contributed by atoms with Gasteiger partial charge in [-0.05, 0) is 12.2 Å². The minimum atomic E-state index is 0.148. The van der Waals surface area contributed by atoms with E-state index < -0.39 is 0 Å². The van der Waals surface area contributed by atoms with Gasteiger partial charge in [0.2, 0.25) is 10.9 Å². The number of nitrogens with zero attached hydrogens (tertiary/aromatic N) is 2. The third-order valence-corrected chi connectivity index (χ3v) is 0.834. The zero-order valence-electron chi connectivity index (χ0n) is 4.21. The number of aromatic amines is 2. The molecule has 2 N–H and O–H groups in total. The molecule has 1 heterocycles. The van der Waals surface area contributed by atoms with Crippen LogP contribution in [0.2, 0.25) is 0 Å². The second kappa shape index (κ2) is 2.34. The number of isocyanates is 1. The molecule has 0 atom stereocenters. The van der Waals surface area contributed by atoms with Crippen molar-refractivity contribution in [3.05, 3.63) is 4.77 Å². The molecular formula is C3H2N4OS. The van der Waals surface area contributed by atoms with Crippen molar-refractivity contribution in [3.8, 4) is 0 Å². The van der Waals surface area contributed by atoms with Gasteiger partial charge in [0.1, 0.15) is 0 Å². The summed E-state index contributed by atoms with van der Waals surface area (Å²) in [4.78, 5) is 16.3. The minimum absolute atomic E-state index is 0.148. The van der Waals surface area contributed by atoms with Crippen molar-refractivity contribution in [2.24, 2.45) is 4.99 Å². The quantitative estimate of drug-likeness (QED) is 0.339. The van der Waals surface area contributed by atoms with Crippen molar-refractivity contribution in [2.45, 2.75) is 0 Å². The van der Waals surface area contributed by atoms with Gasteiger partial charge in [0.05, 0.1) is 0 Å². The van der Waals surface area contributed by atoms with Crippen molar-refractivity contribution in [1.29, 1.82) is 0 Å². The Kier molecular flexibility index (Phi) is 1.53. The van der Waals surface area contributed by atoms with Crippen LogP contribution in [-0.2, 0) is 4.79 Å². The predicted molar refractivity (Wildman–Crippen MR) is 31.6 cm³/mol. The van der Waals surface area contributed by atoms with E-state index in [1.807, 2.05) is 0 Å². The Morgan fingerprint density at radius 3 is 2.89 bits per heavy atom. The summed E-state index contributed by atoms with van der Waals surface area (Å²) in [5, 5.41) is 4.90. The largest absolute Gasteiger partial charge is 0.272 e. The van der Waals surface area contributed by atoms with E-state index in [9.17, 15) is 4.79 Å². The van der Waals surface area contributed by atoms with E-state index in [-0.39, 0.29) is 10.7 Å². The summed E-state index contributed by atoms with van der Waals surface area (Å²) in [7, 11) is 0. The van der Waals surface area contributed by atoms with Gasteiger partial charge in [0.15, 0.2) is 0 Å². The van der Waals surface area contributed by atoms with Gasteiger partial charge in [-0.2, -0.15) is 4.98 Å². The van der Waals surface area contributed by atoms with Gasteiger partial charge in [-0.15, -0.1) is 4.99 Å². The van der Waals surface area contributed by atoms with Crippen molar-refractivity contribution in [3.63, 3.8) is 0 Å². The summed E-state index contributed by atoms with van der Waals surface area (Å²) in [5.41, 5.74) is 0. The maximum atomic E-state index is 9.58. The zero-order chi connectivity index (χ0) is 6.69. The topological polar surface area (TPSA) is 73.9 Å². The number of H-pyrrole nitrogens is 2. The van der Waals surface area contributed by atoms with Crippen LogP contribution >= 0.6 is 12.2 Å². The fourth-order valence-corrected chi connectivity index (χ4v) is 0.495. The first-order chi connectivity index (χ1) is 4.33. The summed E-state index contributed by atoms with van der Waals surface area (Å²) >= 11 is 4.56. The van der Waals surface area contributed by atoms with E-state index in [0.717, 1.165) is 0 Å². The lowest BCUT2D eigenvalue weighted by Crippen LogP contribution is -1.63. The van der Waals surface area contributed by atoms with Crippen LogP contribution < -0.4 is 0 Å². The van der Waals surface area contributed by atoms with E-state index in [1.54, 1.807) is 0 Å². The molecule has 1 rings (SSSR count). The number of nitrogens with one attached hydrogen (secondary N) is 2. The molecule has 1 aromatic rings. The van der Waals surface area contributed by atoms with E-state index in [1.165, 1.54) is 6.08 Å². The summed E-state index contributed by atoms with van der Waals surface area (Å²) in [6, 6.07) is 0. The maximum absolute atomic E-state index is 9.58. The van der Waals surface area contributed by atoms with Crippen LogP contribution in [0.25, 0.3) is 0 Å². The van der Waals surface area contributed by atoms with Crippen LogP contribution in [0, 0.1) is 4.77 Å². The van der Waals surface area contributed by atoms with E-state index in [0.29, 0.717) is 0 Å². The number of rotatable bonds is 1. The van der Waals surface area contributed by atoms with Crippen LogP contribution in [0.4, 0.5) is 5.95 Å². The third-order valence-electron chi connectivity index (χ3n) is 0.640. The molecule has 6 heteroatoms. The molecule has 0 aliphatic heterocycles. The molecule has 0 aromatic carbocycles. The molecule has 0 saturated carbocycles. The van der Waals surface area contributed by atoms with Gasteiger partial charge >= 0.3 is 0 Å². The zero-order valence-corrected chi connectivity index (χ0v) is 5.03. The molecule has 0 spiro atoms. The molecule has 5 nitrogen and oxygen atoms in total. The van der Waals surface area contributed by atoms with Crippen LogP contribution in [0.3, 0.4) is 0 Å². The first kappa shape index (κ1) is 5.87. The third kappa shape index (κ3) is 1.31. The van der Waals surface area contributed by atoms with Gasteiger partial charge < -0.3 is 0 Å². The van der Waals surface area contributed by atoms with Crippen molar-refractivity contribution in [2.75, 3.05) is 0 Å². The molecular weight excluding hydrogens is 140 g/mol. The van der Waals surface area contributed by atoms with Crippen molar-refractivity contribution in [1.82, 2.24) is 15.2 Å². The smallest absolute Gasteiger partial charge is 0.255 e. The van der Waals surface area contributed by atoms with Crippen LogP contribution in [0.1, 0.15) is 0 Å². The van der Waals surface area contributed by atoms with Crippen LogP contribution in [0.5, 0.6) is 0 Å². The van der Waals surface area contributed by atoms with Crippen molar-refractivity contribution >= 4 is 24.2 Å². The Morgan fingerprint density at radius 2 is 2.44 bits per heavy atom. The number of aromatic nitrogens is 3. The van der Waals surface area contributed by atoms with E-state index >= 15 is 0 Å². The minimum Gasteiger partial charge on any atom is -0.272 e. The molecule has 0 bridgehead atoms. The average molecular weight is 142 g/mol. The Bertz CT molecular complexity index is 293. The summed E-state index contributed by atoms with van der Waals surface area (Å²) in [5.74, 6) is 0.148. The summed E-state index contributed by atoms with van der Waals surface area (Å²) in [6.07, 6.45) is 1.31. The highest BCUT2D eigenvalue weighted by Crippen LogP contribution is 1.95. The molecule has 0 saturated heterocycles. The molecule has 9 heavy (non-hydrogen) atoms. The first-order valence-corrected chi connectivity index (χ1v) is 2.46. The highest BCUT2D eigenvalue weighted by Gasteiger charge is 1.87. The van der Waals surface area contributed by atoms with Crippen LogP contribution in [-0.4, -0.2) is 21.3 Å². The lowest BCUT2D eigenvalue weighted by atomic mass is 11.1. The van der Waals surface area contributed by atoms with Gasteiger partial charge in [-0.1, -0.05) is 0 Å². The Hall–Kier alpha value is -1.26. The summed E-state index contributed by atoms with van der Waals surface area (Å²) in [6.45, 7) is 0. The number of hydrogen-bond acceptors (Lipinski definition) is 4. The molecule has 0 aliphatic rings. The van der Waals surface area contributed by atoms with Gasteiger partial charge in [-0.3, -0.25) is 10.2 Å². The standard InChI is InChI=1S/C3H2N4OS/c8-1-4-2-5-3(9)7-6-2/h(H2,5,6,7,9). The highest BCUT2D eigenvalue weighted by molar-refractivity contribution is 7.71. The SMILES string of the molecule is O=C=Nc1nc(=S)[nH][nH]1. The maximum Gasteiger partial charge on any atom is 0.255 e. The molecule has 1 aromatic heterocycles. The molecule has 0 fully saturated rings. The molecule has 0 unspecified atom stereocenters. The lowest BCUT2D eigenvalue weighted by Gasteiger charge is -1.69. The fourth-order valence-electron chi connectivity index (χ4n) is 0.358. The van der Waals surface area contributed by atoms with E-state index in [4.69, 9.17) is 0 Å². The normalized spacial score (nSPS) is 8.44.